The van der Waals surface area contributed by atoms with E-state index in [0.29, 0.717) is 18.1 Å². The Bertz CT molecular complexity index is 451. The zero-order valence-electron chi connectivity index (χ0n) is 10.8. The summed E-state index contributed by atoms with van der Waals surface area (Å²) in [5.74, 6) is 0.00781. The van der Waals surface area contributed by atoms with E-state index >= 15 is 0 Å². The SMILES string of the molecule is CC(CC(=O)O)NC(=O)N1CCSCC1S(C)(=O)=O. The van der Waals surface area contributed by atoms with Crippen LogP contribution in [-0.2, 0) is 14.6 Å². The number of carbonyl (C=O) groups is 2. The van der Waals surface area contributed by atoms with Crippen LogP contribution in [0.3, 0.4) is 0 Å². The topological polar surface area (TPSA) is 104 Å². The van der Waals surface area contributed by atoms with Crippen molar-refractivity contribution >= 4 is 33.6 Å². The maximum absolute atomic E-state index is 12.0. The first kappa shape index (κ1) is 16.1. The van der Waals surface area contributed by atoms with E-state index in [1.807, 2.05) is 0 Å². The first-order valence-corrected chi connectivity index (χ1v) is 8.88. The fourth-order valence-electron chi connectivity index (χ4n) is 1.77. The number of nitrogens with zero attached hydrogens (tertiary/aromatic N) is 1. The summed E-state index contributed by atoms with van der Waals surface area (Å²) >= 11 is 1.49. The molecule has 110 valence electrons. The molecule has 2 unspecified atom stereocenters. The Balaban J connectivity index is 2.70. The van der Waals surface area contributed by atoms with Gasteiger partial charge in [0.05, 0.1) is 6.42 Å². The molecule has 0 spiro atoms. The van der Waals surface area contributed by atoms with E-state index in [9.17, 15) is 18.0 Å². The van der Waals surface area contributed by atoms with Crippen molar-refractivity contribution in [2.24, 2.45) is 0 Å². The highest BCUT2D eigenvalue weighted by Gasteiger charge is 2.34. The van der Waals surface area contributed by atoms with Gasteiger partial charge in [-0.3, -0.25) is 4.79 Å². The fourth-order valence-corrected chi connectivity index (χ4v) is 4.59. The van der Waals surface area contributed by atoms with Gasteiger partial charge in [0, 0.05) is 30.3 Å². The van der Waals surface area contributed by atoms with Crippen LogP contribution in [0.15, 0.2) is 0 Å². The van der Waals surface area contributed by atoms with Crippen molar-refractivity contribution in [3.8, 4) is 0 Å². The summed E-state index contributed by atoms with van der Waals surface area (Å²) in [5.41, 5.74) is 0. The molecule has 2 N–H and O–H groups in total. The molecule has 7 nitrogen and oxygen atoms in total. The predicted molar refractivity (Wildman–Crippen MR) is 72.9 cm³/mol. The lowest BCUT2D eigenvalue weighted by molar-refractivity contribution is -0.137. The molecule has 1 rings (SSSR count). The van der Waals surface area contributed by atoms with Crippen LogP contribution in [0, 0.1) is 0 Å². The van der Waals surface area contributed by atoms with E-state index in [2.05, 4.69) is 5.32 Å². The summed E-state index contributed by atoms with van der Waals surface area (Å²) in [7, 11) is -3.35. The van der Waals surface area contributed by atoms with Gasteiger partial charge in [-0.25, -0.2) is 13.2 Å². The number of nitrogens with one attached hydrogen (secondary N) is 1. The minimum absolute atomic E-state index is 0.197. The lowest BCUT2D eigenvalue weighted by atomic mass is 10.2. The van der Waals surface area contributed by atoms with Crippen LogP contribution in [0.2, 0.25) is 0 Å². The number of hydrogen-bond donors (Lipinski definition) is 2. The highest BCUT2D eigenvalue weighted by molar-refractivity contribution is 8.00. The number of aliphatic carboxylic acids is 1. The summed E-state index contributed by atoms with van der Waals surface area (Å²) in [6.07, 6.45) is 0.905. The van der Waals surface area contributed by atoms with Crippen molar-refractivity contribution in [1.82, 2.24) is 10.2 Å². The molecule has 2 atom stereocenters. The molecule has 0 aromatic rings. The number of amides is 2. The standard InChI is InChI=1S/C10H18N2O5S2/c1-7(5-9(13)14)11-10(15)12-3-4-18-6-8(12)19(2,16)17/h7-8H,3-6H2,1-2H3,(H,11,15)(H,13,14). The van der Waals surface area contributed by atoms with E-state index in [1.54, 1.807) is 6.92 Å². The van der Waals surface area contributed by atoms with Gasteiger partial charge in [-0.05, 0) is 6.92 Å². The first-order valence-electron chi connectivity index (χ1n) is 5.77. The average Bonchev–Trinajstić information content (AvgIpc) is 2.26. The quantitative estimate of drug-likeness (QED) is 0.756. The molecule has 0 radical (unpaired) electrons. The normalized spacial score (nSPS) is 21.8. The Kier molecular flexibility index (Phi) is 5.48. The molecule has 0 aliphatic carbocycles. The smallest absolute Gasteiger partial charge is 0.318 e. The van der Waals surface area contributed by atoms with Crippen LogP contribution in [-0.4, -0.2) is 66.1 Å². The molecule has 0 saturated carbocycles. The van der Waals surface area contributed by atoms with E-state index in [0.717, 1.165) is 6.26 Å². The molecule has 2 amide bonds. The van der Waals surface area contributed by atoms with E-state index in [1.165, 1.54) is 16.7 Å². The van der Waals surface area contributed by atoms with Crippen LogP contribution >= 0.6 is 11.8 Å². The van der Waals surface area contributed by atoms with Crippen molar-refractivity contribution in [1.29, 1.82) is 0 Å². The number of carboxylic acids is 1. The second-order valence-corrected chi connectivity index (χ2v) is 7.85. The highest BCUT2D eigenvalue weighted by Crippen LogP contribution is 2.20. The highest BCUT2D eigenvalue weighted by atomic mass is 32.2. The minimum Gasteiger partial charge on any atom is -0.481 e. The molecular formula is C10H18N2O5S2. The molecule has 19 heavy (non-hydrogen) atoms. The number of urea groups is 1. The fraction of sp³-hybridized carbons (Fsp3) is 0.800. The molecule has 9 heteroatoms. The molecular weight excluding hydrogens is 292 g/mol. The molecule has 1 aliphatic rings. The largest absolute Gasteiger partial charge is 0.481 e. The Labute approximate surface area is 116 Å². The van der Waals surface area contributed by atoms with Crippen LogP contribution in [0.4, 0.5) is 4.79 Å². The third-order valence-electron chi connectivity index (χ3n) is 2.69. The van der Waals surface area contributed by atoms with Crippen molar-refractivity contribution < 1.29 is 23.1 Å². The maximum atomic E-state index is 12.0. The van der Waals surface area contributed by atoms with Gasteiger partial charge in [0.15, 0.2) is 9.84 Å². The molecule has 1 heterocycles. The zero-order chi connectivity index (χ0) is 14.6. The van der Waals surface area contributed by atoms with Gasteiger partial charge in [-0.15, -0.1) is 0 Å². The van der Waals surface area contributed by atoms with Crippen molar-refractivity contribution in [3.05, 3.63) is 0 Å². The molecule has 0 aromatic heterocycles. The van der Waals surface area contributed by atoms with Crippen LogP contribution < -0.4 is 5.32 Å². The second kappa shape index (κ2) is 6.47. The van der Waals surface area contributed by atoms with Gasteiger partial charge >= 0.3 is 12.0 Å². The van der Waals surface area contributed by atoms with Crippen molar-refractivity contribution in [2.75, 3.05) is 24.3 Å². The minimum atomic E-state index is -3.35. The van der Waals surface area contributed by atoms with Gasteiger partial charge in [0.2, 0.25) is 0 Å². The van der Waals surface area contributed by atoms with Gasteiger partial charge in [-0.1, -0.05) is 0 Å². The predicted octanol–water partition coefficient (Wildman–Crippen LogP) is -0.0213. The van der Waals surface area contributed by atoms with Crippen LogP contribution in [0.5, 0.6) is 0 Å². The van der Waals surface area contributed by atoms with E-state index < -0.39 is 33.3 Å². The molecule has 1 aliphatic heterocycles. The number of rotatable bonds is 4. The summed E-state index contributed by atoms with van der Waals surface area (Å²) in [6, 6.07) is -1.07. The zero-order valence-corrected chi connectivity index (χ0v) is 12.5. The lowest BCUT2D eigenvalue weighted by Crippen LogP contribution is -2.55. The number of hydrogen-bond acceptors (Lipinski definition) is 5. The van der Waals surface area contributed by atoms with Gasteiger partial charge in [0.25, 0.3) is 0 Å². The summed E-state index contributed by atoms with van der Waals surface area (Å²) in [4.78, 5) is 23.8. The first-order chi connectivity index (χ1) is 8.71. The maximum Gasteiger partial charge on any atom is 0.318 e. The van der Waals surface area contributed by atoms with Crippen molar-refractivity contribution in [2.45, 2.75) is 24.8 Å². The van der Waals surface area contributed by atoms with Crippen molar-refractivity contribution in [3.63, 3.8) is 0 Å². The third kappa shape index (κ3) is 4.90. The molecule has 1 saturated heterocycles. The third-order valence-corrected chi connectivity index (χ3v) is 5.33. The Hall–Kier alpha value is -0.960. The lowest BCUT2D eigenvalue weighted by Gasteiger charge is -2.34. The Morgan fingerprint density at radius 2 is 2.16 bits per heavy atom. The van der Waals surface area contributed by atoms with Crippen LogP contribution in [0.1, 0.15) is 13.3 Å². The number of thioether (sulfide) groups is 1. The Morgan fingerprint density at radius 1 is 1.53 bits per heavy atom. The molecule has 0 aromatic carbocycles. The molecule has 0 bridgehead atoms. The summed E-state index contributed by atoms with van der Waals surface area (Å²) in [5, 5.41) is 10.3. The van der Waals surface area contributed by atoms with Gasteiger partial charge in [-0.2, -0.15) is 11.8 Å². The Morgan fingerprint density at radius 3 is 2.68 bits per heavy atom. The van der Waals surface area contributed by atoms with Crippen LogP contribution in [0.25, 0.3) is 0 Å². The monoisotopic (exact) mass is 310 g/mol. The number of carboxylic acid groups (broad SMARTS) is 1. The van der Waals surface area contributed by atoms with Gasteiger partial charge in [0.1, 0.15) is 5.37 Å². The van der Waals surface area contributed by atoms with E-state index in [4.69, 9.17) is 5.11 Å². The number of sulfone groups is 1. The van der Waals surface area contributed by atoms with Gasteiger partial charge < -0.3 is 15.3 Å². The summed E-state index contributed by atoms with van der Waals surface area (Å²) in [6.45, 7) is 1.91. The van der Waals surface area contributed by atoms with E-state index in [-0.39, 0.29) is 6.42 Å². The number of carbonyl (C=O) groups excluding carboxylic acids is 1. The molecule has 1 fully saturated rings. The summed E-state index contributed by atoms with van der Waals surface area (Å²) < 4.78 is 23.3. The second-order valence-electron chi connectivity index (χ2n) is 4.50. The average molecular weight is 310 g/mol.